The molecule has 2 aromatic carbocycles. The summed E-state index contributed by atoms with van der Waals surface area (Å²) in [4.78, 5) is 20.4. The molecule has 2 heterocycles. The Balaban J connectivity index is 0.000000707. The fourth-order valence-corrected chi connectivity index (χ4v) is 3.91. The molecule has 1 amide bonds. The fraction of sp³-hybridized carbons (Fsp3) is 0.400. The Morgan fingerprint density at radius 3 is 2.21 bits per heavy atom. The molecule has 1 unspecified atom stereocenters. The topological polar surface area (TPSA) is 32.8 Å². The molecule has 156 valence electrons. The summed E-state index contributed by atoms with van der Waals surface area (Å²) in [6, 6.07) is 16.5. The number of nitrogens with zero attached hydrogens (tertiary/aromatic N) is 2. The molecule has 0 N–H and O–H groups in total. The molecule has 2 aliphatic rings. The number of anilines is 1. The summed E-state index contributed by atoms with van der Waals surface area (Å²) in [5.74, 6) is 0.896. The van der Waals surface area contributed by atoms with Crippen molar-refractivity contribution in [3.63, 3.8) is 0 Å². The van der Waals surface area contributed by atoms with Crippen molar-refractivity contribution >= 4 is 22.9 Å². The van der Waals surface area contributed by atoms with E-state index in [0.29, 0.717) is 6.54 Å². The van der Waals surface area contributed by atoms with E-state index < -0.39 is 0 Å². The standard InChI is InChI=1S/C21H22N2O2.2C2H6/c1-4-18-20-16-10-6-5-9-15(16)13-23(14(2)24)19-12-8-7-11-17(19)21(20)25-22(18)3;2*1-2/h5-12,18H,4,13H2,1-3H3;2*1-2H3. The fourth-order valence-electron chi connectivity index (χ4n) is 3.91. The molecule has 0 spiro atoms. The Morgan fingerprint density at radius 1 is 1.00 bits per heavy atom. The van der Waals surface area contributed by atoms with Crippen molar-refractivity contribution in [1.82, 2.24) is 5.06 Å². The van der Waals surface area contributed by atoms with Gasteiger partial charge in [0.1, 0.15) is 0 Å². The number of benzene rings is 2. The van der Waals surface area contributed by atoms with Crippen LogP contribution in [0.25, 0.3) is 11.3 Å². The van der Waals surface area contributed by atoms with Gasteiger partial charge < -0.3 is 9.74 Å². The van der Waals surface area contributed by atoms with Crippen LogP contribution < -0.4 is 4.90 Å². The van der Waals surface area contributed by atoms with E-state index >= 15 is 0 Å². The van der Waals surface area contributed by atoms with Gasteiger partial charge in [-0.05, 0) is 29.7 Å². The van der Waals surface area contributed by atoms with Crippen LogP contribution in [0.15, 0.2) is 48.5 Å². The van der Waals surface area contributed by atoms with Crippen molar-refractivity contribution in [2.45, 2.75) is 60.5 Å². The average Bonchev–Trinajstić information content (AvgIpc) is 3.09. The Morgan fingerprint density at radius 2 is 1.59 bits per heavy atom. The monoisotopic (exact) mass is 394 g/mol. The molecular weight excluding hydrogens is 360 g/mol. The number of amides is 1. The number of fused-ring (bicyclic) bond motifs is 4. The molecule has 0 aliphatic carbocycles. The van der Waals surface area contributed by atoms with E-state index in [-0.39, 0.29) is 11.9 Å². The van der Waals surface area contributed by atoms with Gasteiger partial charge in [-0.15, -0.1) is 5.06 Å². The van der Waals surface area contributed by atoms with Crippen molar-refractivity contribution in [2.24, 2.45) is 0 Å². The molecule has 4 rings (SSSR count). The highest BCUT2D eigenvalue weighted by atomic mass is 16.7. The van der Waals surface area contributed by atoms with E-state index in [2.05, 4.69) is 25.1 Å². The van der Waals surface area contributed by atoms with Gasteiger partial charge in [0.2, 0.25) is 5.91 Å². The minimum absolute atomic E-state index is 0.0321. The zero-order chi connectivity index (χ0) is 21.6. The molecule has 0 aromatic heterocycles. The SMILES string of the molecule is CC.CC.CCC1C2=C(ON1C)c1ccccc1N(C(C)=O)Cc1ccccc12. The van der Waals surface area contributed by atoms with Crippen LogP contribution in [0.4, 0.5) is 5.69 Å². The quantitative estimate of drug-likeness (QED) is 0.583. The Labute approximate surface area is 175 Å². The third-order valence-electron chi connectivity index (χ3n) is 5.09. The molecule has 4 nitrogen and oxygen atoms in total. The van der Waals surface area contributed by atoms with Crippen LogP contribution in [-0.4, -0.2) is 24.1 Å². The summed E-state index contributed by atoms with van der Waals surface area (Å²) in [5, 5.41) is 1.93. The largest absolute Gasteiger partial charge is 0.405 e. The lowest BCUT2D eigenvalue weighted by atomic mass is 9.88. The highest BCUT2D eigenvalue weighted by Crippen LogP contribution is 2.45. The Hall–Kier alpha value is -2.59. The number of para-hydroxylation sites is 1. The maximum atomic E-state index is 12.4. The number of hydroxylamine groups is 2. The zero-order valence-electron chi connectivity index (χ0n) is 18.8. The summed E-state index contributed by atoms with van der Waals surface area (Å²) in [6.07, 6.45) is 0.961. The van der Waals surface area contributed by atoms with Crippen LogP contribution in [0, 0.1) is 0 Å². The number of likely N-dealkylation sites (N-methyl/N-ethyl adjacent to an activating group) is 1. The number of hydrogen-bond acceptors (Lipinski definition) is 3. The van der Waals surface area contributed by atoms with Gasteiger partial charge >= 0.3 is 0 Å². The van der Waals surface area contributed by atoms with Crippen molar-refractivity contribution in [3.05, 3.63) is 65.2 Å². The second-order valence-electron chi connectivity index (χ2n) is 6.58. The van der Waals surface area contributed by atoms with E-state index in [1.54, 1.807) is 6.92 Å². The van der Waals surface area contributed by atoms with Crippen LogP contribution in [0.3, 0.4) is 0 Å². The third kappa shape index (κ3) is 4.23. The molecule has 4 heteroatoms. The summed E-state index contributed by atoms with van der Waals surface area (Å²) in [6.45, 7) is 12.4. The first-order valence-electron chi connectivity index (χ1n) is 10.7. The van der Waals surface area contributed by atoms with Gasteiger partial charge in [0, 0.05) is 25.1 Å². The van der Waals surface area contributed by atoms with Crippen molar-refractivity contribution in [3.8, 4) is 0 Å². The van der Waals surface area contributed by atoms with Gasteiger partial charge in [0.25, 0.3) is 0 Å². The summed E-state index contributed by atoms with van der Waals surface area (Å²) in [5.41, 5.74) is 5.43. The van der Waals surface area contributed by atoms with Crippen molar-refractivity contribution in [2.75, 3.05) is 11.9 Å². The van der Waals surface area contributed by atoms with Crippen LogP contribution in [0.5, 0.6) is 0 Å². The smallest absolute Gasteiger partial charge is 0.224 e. The van der Waals surface area contributed by atoms with Gasteiger partial charge in [-0.1, -0.05) is 71.0 Å². The molecule has 29 heavy (non-hydrogen) atoms. The Bertz CT molecular complexity index is 873. The molecule has 2 aromatic rings. The van der Waals surface area contributed by atoms with Crippen molar-refractivity contribution in [1.29, 1.82) is 0 Å². The first-order valence-corrected chi connectivity index (χ1v) is 10.7. The predicted octanol–water partition coefficient (Wildman–Crippen LogP) is 6.13. The maximum Gasteiger partial charge on any atom is 0.224 e. The minimum Gasteiger partial charge on any atom is -0.405 e. The number of hydrogen-bond donors (Lipinski definition) is 0. The second kappa shape index (κ2) is 10.3. The van der Waals surface area contributed by atoms with E-state index in [9.17, 15) is 4.79 Å². The summed E-state index contributed by atoms with van der Waals surface area (Å²) < 4.78 is 0. The predicted molar refractivity (Wildman–Crippen MR) is 122 cm³/mol. The second-order valence-corrected chi connectivity index (χ2v) is 6.58. The van der Waals surface area contributed by atoms with Gasteiger partial charge in [0.15, 0.2) is 5.76 Å². The number of carbonyl (C=O) groups excluding carboxylic acids is 1. The van der Waals surface area contributed by atoms with Gasteiger partial charge in [-0.25, -0.2) is 0 Å². The molecule has 0 saturated heterocycles. The minimum atomic E-state index is 0.0321. The van der Waals surface area contributed by atoms with Crippen LogP contribution >= 0.6 is 0 Å². The molecule has 0 fully saturated rings. The highest BCUT2D eigenvalue weighted by Gasteiger charge is 2.37. The van der Waals surface area contributed by atoms with Crippen LogP contribution in [0.2, 0.25) is 0 Å². The maximum absolute atomic E-state index is 12.4. The van der Waals surface area contributed by atoms with E-state index in [1.165, 1.54) is 11.1 Å². The first kappa shape index (κ1) is 22.7. The number of carbonyl (C=O) groups is 1. The molecule has 0 bridgehead atoms. The lowest BCUT2D eigenvalue weighted by Crippen LogP contribution is -2.30. The third-order valence-corrected chi connectivity index (χ3v) is 5.09. The van der Waals surface area contributed by atoms with Gasteiger partial charge in [-0.2, -0.15) is 0 Å². The molecular formula is C25H34N2O2. The lowest BCUT2D eigenvalue weighted by Gasteiger charge is -2.28. The van der Waals surface area contributed by atoms with Crippen LogP contribution in [0.1, 0.15) is 64.7 Å². The van der Waals surface area contributed by atoms with Crippen molar-refractivity contribution < 1.29 is 9.63 Å². The first-order chi connectivity index (χ1) is 14.1. The van der Waals surface area contributed by atoms with E-state index in [4.69, 9.17) is 4.84 Å². The molecule has 1 atom stereocenters. The number of rotatable bonds is 1. The Kier molecular flexibility index (Phi) is 8.03. The van der Waals surface area contributed by atoms with E-state index in [1.807, 2.05) is 75.0 Å². The normalized spacial score (nSPS) is 17.2. The lowest BCUT2D eigenvalue weighted by molar-refractivity contribution is -0.116. The summed E-state index contributed by atoms with van der Waals surface area (Å²) in [7, 11) is 1.98. The summed E-state index contributed by atoms with van der Waals surface area (Å²) >= 11 is 0. The van der Waals surface area contributed by atoms with Gasteiger partial charge in [0.05, 0.1) is 18.3 Å². The molecule has 0 saturated carbocycles. The zero-order valence-corrected chi connectivity index (χ0v) is 18.8. The van der Waals surface area contributed by atoms with Crippen LogP contribution in [-0.2, 0) is 16.2 Å². The highest BCUT2D eigenvalue weighted by molar-refractivity contribution is 6.01. The molecule has 2 aliphatic heterocycles. The van der Waals surface area contributed by atoms with E-state index in [0.717, 1.165) is 29.0 Å². The average molecular weight is 395 g/mol. The molecule has 0 radical (unpaired) electrons. The van der Waals surface area contributed by atoms with Gasteiger partial charge in [-0.3, -0.25) is 4.79 Å².